The maximum atomic E-state index is 11.1. The van der Waals surface area contributed by atoms with Crippen LogP contribution in [0, 0.1) is 20.2 Å². The van der Waals surface area contributed by atoms with Crippen LogP contribution in [0.25, 0.3) is 0 Å². The van der Waals surface area contributed by atoms with Crippen molar-refractivity contribution in [2.24, 2.45) is 0 Å². The third-order valence-corrected chi connectivity index (χ3v) is 4.60. The van der Waals surface area contributed by atoms with E-state index in [-0.39, 0.29) is 22.3 Å². The Morgan fingerprint density at radius 3 is 2.23 bits per heavy atom. The molecule has 2 aromatic rings. The topological polar surface area (TPSA) is 102 Å². The quantitative estimate of drug-likeness (QED) is 0.627. The van der Waals surface area contributed by atoms with Gasteiger partial charge < -0.3 is 5.32 Å². The molecule has 8 nitrogen and oxygen atoms in total. The van der Waals surface area contributed by atoms with Gasteiger partial charge in [0.15, 0.2) is 0 Å². The minimum absolute atomic E-state index is 0.0980. The molecule has 1 heterocycles. The Bertz CT molecular complexity index is 786. The van der Waals surface area contributed by atoms with E-state index in [0.717, 1.165) is 38.0 Å². The van der Waals surface area contributed by atoms with Crippen LogP contribution in [-0.2, 0) is 6.54 Å². The number of nitro benzene ring substituents is 2. The third-order valence-electron chi connectivity index (χ3n) is 4.60. The highest BCUT2D eigenvalue weighted by molar-refractivity contribution is 5.61. The second kappa shape index (κ2) is 7.92. The molecule has 0 atom stereocenters. The maximum absolute atomic E-state index is 11.1. The van der Waals surface area contributed by atoms with Crippen LogP contribution >= 0.6 is 0 Å². The van der Waals surface area contributed by atoms with Crippen molar-refractivity contribution in [2.75, 3.05) is 18.4 Å². The van der Waals surface area contributed by atoms with Gasteiger partial charge in [-0.3, -0.25) is 25.1 Å². The van der Waals surface area contributed by atoms with Gasteiger partial charge in [0.05, 0.1) is 9.85 Å². The summed E-state index contributed by atoms with van der Waals surface area (Å²) in [6.45, 7) is 2.49. The fraction of sp³-hybridized carbons (Fsp3) is 0.333. The molecule has 0 aliphatic carbocycles. The molecule has 0 amide bonds. The summed E-state index contributed by atoms with van der Waals surface area (Å²) in [6.07, 6.45) is 1.78. The summed E-state index contributed by atoms with van der Waals surface area (Å²) in [6, 6.07) is 13.5. The largest absolute Gasteiger partial charge is 0.377 e. The van der Waals surface area contributed by atoms with Crippen LogP contribution in [0.5, 0.6) is 0 Å². The summed E-state index contributed by atoms with van der Waals surface area (Å²) in [5.74, 6) is 0. The molecular weight excluding hydrogens is 336 g/mol. The van der Waals surface area contributed by atoms with Crippen molar-refractivity contribution in [3.05, 3.63) is 74.3 Å². The van der Waals surface area contributed by atoms with E-state index in [2.05, 4.69) is 10.2 Å². The van der Waals surface area contributed by atoms with Crippen LogP contribution in [0.15, 0.2) is 48.5 Å². The van der Waals surface area contributed by atoms with Crippen LogP contribution in [0.4, 0.5) is 17.1 Å². The number of piperidine rings is 1. The van der Waals surface area contributed by atoms with Gasteiger partial charge in [-0.25, -0.2) is 0 Å². The molecule has 26 heavy (non-hydrogen) atoms. The lowest BCUT2D eigenvalue weighted by Gasteiger charge is -2.32. The summed E-state index contributed by atoms with van der Waals surface area (Å²) >= 11 is 0. The Labute approximate surface area is 150 Å². The van der Waals surface area contributed by atoms with E-state index in [1.54, 1.807) is 30.3 Å². The highest BCUT2D eigenvalue weighted by Gasteiger charge is 2.22. The number of benzene rings is 2. The Kier molecular flexibility index (Phi) is 5.43. The number of hydrogen-bond acceptors (Lipinski definition) is 6. The molecule has 8 heteroatoms. The molecule has 0 radical (unpaired) electrons. The van der Waals surface area contributed by atoms with E-state index in [4.69, 9.17) is 0 Å². The molecule has 1 aliphatic rings. The average Bonchev–Trinajstić information content (AvgIpc) is 2.64. The predicted octanol–water partition coefficient (Wildman–Crippen LogP) is 3.58. The van der Waals surface area contributed by atoms with Gasteiger partial charge in [0.1, 0.15) is 5.69 Å². The Morgan fingerprint density at radius 2 is 1.62 bits per heavy atom. The fourth-order valence-electron chi connectivity index (χ4n) is 3.19. The summed E-state index contributed by atoms with van der Waals surface area (Å²) in [5, 5.41) is 25.1. The first-order valence-electron chi connectivity index (χ1n) is 8.48. The zero-order valence-electron chi connectivity index (χ0n) is 14.2. The number of nitrogens with one attached hydrogen (secondary N) is 1. The number of hydrogen-bond donors (Lipinski definition) is 1. The Hall–Kier alpha value is -3.00. The minimum atomic E-state index is -0.399. The van der Waals surface area contributed by atoms with Gasteiger partial charge in [0.2, 0.25) is 0 Å². The van der Waals surface area contributed by atoms with Crippen molar-refractivity contribution in [1.29, 1.82) is 0 Å². The van der Waals surface area contributed by atoms with Gasteiger partial charge in [-0.1, -0.05) is 24.3 Å². The highest BCUT2D eigenvalue weighted by atomic mass is 16.6. The number of para-hydroxylation sites is 2. The zero-order valence-corrected chi connectivity index (χ0v) is 14.2. The number of rotatable bonds is 6. The van der Waals surface area contributed by atoms with Gasteiger partial charge >= 0.3 is 0 Å². The zero-order chi connectivity index (χ0) is 18.5. The van der Waals surface area contributed by atoms with Crippen molar-refractivity contribution >= 4 is 17.1 Å². The number of anilines is 1. The average molecular weight is 356 g/mol. The first-order valence-corrected chi connectivity index (χ1v) is 8.48. The predicted molar refractivity (Wildman–Crippen MR) is 98.1 cm³/mol. The van der Waals surface area contributed by atoms with Crippen LogP contribution in [0.3, 0.4) is 0 Å². The summed E-state index contributed by atoms with van der Waals surface area (Å²) in [4.78, 5) is 23.3. The van der Waals surface area contributed by atoms with E-state index in [9.17, 15) is 20.2 Å². The van der Waals surface area contributed by atoms with Crippen LogP contribution in [0.1, 0.15) is 18.4 Å². The summed E-state index contributed by atoms with van der Waals surface area (Å²) in [7, 11) is 0. The van der Waals surface area contributed by atoms with Gasteiger partial charge in [0.25, 0.3) is 11.4 Å². The number of nitrogens with zero attached hydrogens (tertiary/aromatic N) is 3. The second-order valence-corrected chi connectivity index (χ2v) is 6.39. The molecule has 0 saturated carbocycles. The smallest absolute Gasteiger partial charge is 0.292 e. The molecule has 0 unspecified atom stereocenters. The molecule has 1 aliphatic heterocycles. The molecule has 1 saturated heterocycles. The lowest BCUT2D eigenvalue weighted by molar-refractivity contribution is -0.384. The number of non-ortho nitro benzene ring substituents is 1. The first kappa shape index (κ1) is 17.8. The van der Waals surface area contributed by atoms with Crippen LogP contribution in [0.2, 0.25) is 0 Å². The summed E-state index contributed by atoms with van der Waals surface area (Å²) in [5.41, 5.74) is 1.80. The standard InChI is InChI=1S/C18H20N4O4/c23-21(24)16-7-5-14(6-8-16)13-20-11-9-15(10-12-20)19-17-3-1-2-4-18(17)22(25)26/h1-8,15,19H,9-13H2. The molecular formula is C18H20N4O4. The SMILES string of the molecule is O=[N+]([O-])c1ccc(CN2CCC(Nc3ccccc3[N+](=O)[O-])CC2)cc1. The van der Waals surface area contributed by atoms with Crippen molar-refractivity contribution in [2.45, 2.75) is 25.4 Å². The molecule has 0 spiro atoms. The number of likely N-dealkylation sites (tertiary alicyclic amines) is 1. The van der Waals surface area contributed by atoms with Crippen LogP contribution in [-0.4, -0.2) is 33.9 Å². The fourth-order valence-corrected chi connectivity index (χ4v) is 3.19. The Balaban J connectivity index is 1.53. The van der Waals surface area contributed by atoms with Crippen molar-refractivity contribution in [3.63, 3.8) is 0 Å². The van der Waals surface area contributed by atoms with Crippen molar-refractivity contribution in [3.8, 4) is 0 Å². The summed E-state index contributed by atoms with van der Waals surface area (Å²) < 4.78 is 0. The van der Waals surface area contributed by atoms with E-state index >= 15 is 0 Å². The van der Waals surface area contributed by atoms with Gasteiger partial charge in [-0.15, -0.1) is 0 Å². The lowest BCUT2D eigenvalue weighted by Crippen LogP contribution is -2.38. The second-order valence-electron chi connectivity index (χ2n) is 6.39. The van der Waals surface area contributed by atoms with Crippen molar-refractivity contribution in [1.82, 2.24) is 4.90 Å². The van der Waals surface area contributed by atoms with Crippen molar-refractivity contribution < 1.29 is 9.85 Å². The maximum Gasteiger partial charge on any atom is 0.292 e. The van der Waals surface area contributed by atoms with E-state index in [1.807, 2.05) is 0 Å². The first-order chi connectivity index (χ1) is 12.5. The number of nitro groups is 2. The monoisotopic (exact) mass is 356 g/mol. The van der Waals surface area contributed by atoms with Gasteiger partial charge in [-0.2, -0.15) is 0 Å². The van der Waals surface area contributed by atoms with Gasteiger partial charge in [-0.05, 0) is 24.5 Å². The minimum Gasteiger partial charge on any atom is -0.377 e. The van der Waals surface area contributed by atoms with E-state index in [1.165, 1.54) is 18.2 Å². The third kappa shape index (κ3) is 4.34. The molecule has 0 aromatic heterocycles. The van der Waals surface area contributed by atoms with E-state index in [0.29, 0.717) is 5.69 Å². The molecule has 0 bridgehead atoms. The molecule has 2 aromatic carbocycles. The van der Waals surface area contributed by atoms with E-state index < -0.39 is 4.92 Å². The molecule has 1 fully saturated rings. The lowest BCUT2D eigenvalue weighted by atomic mass is 10.0. The van der Waals surface area contributed by atoms with Gasteiger partial charge in [0, 0.05) is 43.9 Å². The molecule has 136 valence electrons. The molecule has 1 N–H and O–H groups in total. The van der Waals surface area contributed by atoms with Crippen LogP contribution < -0.4 is 5.32 Å². The normalized spacial score (nSPS) is 15.5. The molecule has 3 rings (SSSR count). The highest BCUT2D eigenvalue weighted by Crippen LogP contribution is 2.26. The Morgan fingerprint density at radius 1 is 0.962 bits per heavy atom.